The number of hydrogen-bond donors (Lipinski definition) is 2. The lowest BCUT2D eigenvalue weighted by Gasteiger charge is -2.31. The van der Waals surface area contributed by atoms with Crippen molar-refractivity contribution >= 4 is 11.6 Å². The number of anilines is 1. The van der Waals surface area contributed by atoms with E-state index >= 15 is 0 Å². The van der Waals surface area contributed by atoms with E-state index in [0.29, 0.717) is 23.2 Å². The topological polar surface area (TPSA) is 78.4 Å². The van der Waals surface area contributed by atoms with Crippen LogP contribution in [0, 0.1) is 11.6 Å². The maximum Gasteiger partial charge on any atom is 0.253 e. The number of nitrogens with one attached hydrogen (secondary N) is 1. The van der Waals surface area contributed by atoms with Gasteiger partial charge in [0.25, 0.3) is 5.91 Å². The van der Waals surface area contributed by atoms with E-state index in [0.717, 1.165) is 37.3 Å². The number of aliphatic hydroxyl groups is 1. The number of hydrogen-bond acceptors (Lipinski definition) is 5. The second-order valence-electron chi connectivity index (χ2n) is 8.17. The first-order chi connectivity index (χ1) is 15.5. The third-order valence-electron chi connectivity index (χ3n) is 6.05. The van der Waals surface area contributed by atoms with Crippen LogP contribution in [0.2, 0.25) is 0 Å². The molecule has 1 aromatic carbocycles. The number of amides is 1. The van der Waals surface area contributed by atoms with E-state index in [1.54, 1.807) is 12.3 Å². The minimum absolute atomic E-state index is 0.161. The number of benzene rings is 1. The number of aromatic nitrogens is 2. The standard InChI is InChI=1S/C24H22F2N4O2/c25-18-2-1-3-19(26)23(18)20-11-14(22-21(29-20)13-28-24(22)32)10-15-4-5-16(12-27-15)30-8-6-17(31)7-9-30/h1-5,11-12,17,31H,6-10,13H2,(H,28,32). The van der Waals surface area contributed by atoms with E-state index < -0.39 is 11.6 Å². The molecular weight excluding hydrogens is 414 g/mol. The zero-order valence-electron chi connectivity index (χ0n) is 17.3. The Bertz CT molecular complexity index is 1160. The third-order valence-corrected chi connectivity index (χ3v) is 6.05. The number of halogens is 2. The van der Waals surface area contributed by atoms with Gasteiger partial charge in [-0.15, -0.1) is 0 Å². The molecule has 0 bridgehead atoms. The van der Waals surface area contributed by atoms with Crippen LogP contribution in [0.25, 0.3) is 11.3 Å². The van der Waals surface area contributed by atoms with E-state index in [-0.39, 0.29) is 29.8 Å². The lowest BCUT2D eigenvalue weighted by atomic mass is 9.98. The molecule has 5 rings (SSSR count). The first-order valence-corrected chi connectivity index (χ1v) is 10.6. The molecule has 1 saturated heterocycles. The number of nitrogens with zero attached hydrogens (tertiary/aromatic N) is 3. The quantitative estimate of drug-likeness (QED) is 0.657. The van der Waals surface area contributed by atoms with E-state index in [4.69, 9.17) is 0 Å². The van der Waals surface area contributed by atoms with Crippen molar-refractivity contribution in [1.29, 1.82) is 0 Å². The fourth-order valence-electron chi connectivity index (χ4n) is 4.35. The summed E-state index contributed by atoms with van der Waals surface area (Å²) in [6.07, 6.45) is 3.34. The van der Waals surface area contributed by atoms with Crippen LogP contribution in [0.3, 0.4) is 0 Å². The minimum Gasteiger partial charge on any atom is -0.393 e. The van der Waals surface area contributed by atoms with Gasteiger partial charge in [-0.05, 0) is 48.7 Å². The molecule has 0 unspecified atom stereocenters. The molecular formula is C24H22F2N4O2. The summed E-state index contributed by atoms with van der Waals surface area (Å²) in [5, 5.41) is 12.4. The van der Waals surface area contributed by atoms with Gasteiger partial charge in [-0.3, -0.25) is 9.78 Å². The fraction of sp³-hybridized carbons (Fsp3) is 0.292. The van der Waals surface area contributed by atoms with Gasteiger partial charge in [-0.25, -0.2) is 13.8 Å². The molecule has 164 valence electrons. The Kier molecular flexibility index (Phi) is 5.30. The number of aliphatic hydroxyl groups excluding tert-OH is 1. The molecule has 0 saturated carbocycles. The summed E-state index contributed by atoms with van der Waals surface area (Å²) >= 11 is 0. The normalized spacial score (nSPS) is 16.2. The predicted octanol–water partition coefficient (Wildman–Crippen LogP) is 3.22. The summed E-state index contributed by atoms with van der Waals surface area (Å²) in [5.41, 5.74) is 3.23. The van der Waals surface area contributed by atoms with Crippen molar-refractivity contribution < 1.29 is 18.7 Å². The molecule has 1 fully saturated rings. The summed E-state index contributed by atoms with van der Waals surface area (Å²) < 4.78 is 28.7. The molecule has 6 nitrogen and oxygen atoms in total. The zero-order valence-corrected chi connectivity index (χ0v) is 17.3. The van der Waals surface area contributed by atoms with Crippen molar-refractivity contribution in [2.75, 3.05) is 18.0 Å². The number of piperidine rings is 1. The molecule has 2 aromatic heterocycles. The second-order valence-corrected chi connectivity index (χ2v) is 8.17. The summed E-state index contributed by atoms with van der Waals surface area (Å²) in [6.45, 7) is 1.77. The Morgan fingerprint density at radius 2 is 1.84 bits per heavy atom. The van der Waals surface area contributed by atoms with Crippen molar-refractivity contribution in [1.82, 2.24) is 15.3 Å². The van der Waals surface area contributed by atoms with Gasteiger partial charge in [0.05, 0.1) is 47.0 Å². The van der Waals surface area contributed by atoms with Gasteiger partial charge < -0.3 is 15.3 Å². The molecule has 32 heavy (non-hydrogen) atoms. The van der Waals surface area contributed by atoms with Crippen LogP contribution in [0.1, 0.15) is 40.2 Å². The maximum atomic E-state index is 14.4. The Balaban J connectivity index is 1.47. The second kappa shape index (κ2) is 8.27. The summed E-state index contributed by atoms with van der Waals surface area (Å²) in [4.78, 5) is 23.5. The smallest absolute Gasteiger partial charge is 0.253 e. The molecule has 2 aliphatic rings. The molecule has 2 aliphatic heterocycles. The Hall–Kier alpha value is -3.39. The van der Waals surface area contributed by atoms with Crippen molar-refractivity contribution in [3.8, 4) is 11.3 Å². The van der Waals surface area contributed by atoms with Gasteiger partial charge in [-0.2, -0.15) is 0 Å². The zero-order chi connectivity index (χ0) is 22.2. The highest BCUT2D eigenvalue weighted by molar-refractivity contribution is 5.99. The Morgan fingerprint density at radius 3 is 2.53 bits per heavy atom. The van der Waals surface area contributed by atoms with Crippen molar-refractivity contribution in [2.45, 2.75) is 31.9 Å². The van der Waals surface area contributed by atoms with Crippen LogP contribution in [0.4, 0.5) is 14.5 Å². The summed E-state index contributed by atoms with van der Waals surface area (Å²) in [6, 6.07) is 9.13. The highest BCUT2D eigenvalue weighted by atomic mass is 19.1. The molecule has 0 atom stereocenters. The SMILES string of the molecule is O=C1NCc2nc(-c3c(F)cccc3F)cc(Cc3ccc(N4CCC(O)CC4)cn3)c21. The molecule has 3 aromatic rings. The minimum atomic E-state index is -0.699. The van der Waals surface area contributed by atoms with Crippen LogP contribution >= 0.6 is 0 Å². The van der Waals surface area contributed by atoms with Crippen LogP contribution in [-0.2, 0) is 13.0 Å². The molecule has 0 spiro atoms. The average Bonchev–Trinajstić information content (AvgIpc) is 3.16. The predicted molar refractivity (Wildman–Crippen MR) is 115 cm³/mol. The van der Waals surface area contributed by atoms with Crippen LogP contribution < -0.4 is 10.2 Å². The first-order valence-electron chi connectivity index (χ1n) is 10.6. The van der Waals surface area contributed by atoms with E-state index in [9.17, 15) is 18.7 Å². The van der Waals surface area contributed by atoms with E-state index in [1.165, 1.54) is 18.2 Å². The van der Waals surface area contributed by atoms with Crippen molar-refractivity contribution in [3.63, 3.8) is 0 Å². The van der Waals surface area contributed by atoms with Gasteiger partial charge in [0.1, 0.15) is 11.6 Å². The number of pyridine rings is 2. The lowest BCUT2D eigenvalue weighted by molar-refractivity contribution is 0.0965. The molecule has 1 amide bonds. The lowest BCUT2D eigenvalue weighted by Crippen LogP contribution is -2.35. The van der Waals surface area contributed by atoms with Gasteiger partial charge in [0.15, 0.2) is 0 Å². The van der Waals surface area contributed by atoms with Crippen LogP contribution in [-0.4, -0.2) is 40.2 Å². The molecule has 0 aliphatic carbocycles. The molecule has 2 N–H and O–H groups in total. The molecule has 4 heterocycles. The molecule has 8 heteroatoms. The van der Waals surface area contributed by atoms with Gasteiger partial charge in [-0.1, -0.05) is 6.07 Å². The van der Waals surface area contributed by atoms with Gasteiger partial charge in [0.2, 0.25) is 0 Å². The number of fused-ring (bicyclic) bond motifs is 1. The number of carbonyl (C=O) groups is 1. The highest BCUT2D eigenvalue weighted by Gasteiger charge is 2.27. The van der Waals surface area contributed by atoms with Crippen molar-refractivity contribution in [2.24, 2.45) is 0 Å². The van der Waals surface area contributed by atoms with E-state index in [2.05, 4.69) is 20.2 Å². The number of rotatable bonds is 4. The average molecular weight is 436 g/mol. The third kappa shape index (κ3) is 3.82. The van der Waals surface area contributed by atoms with Gasteiger partial charge in [0, 0.05) is 25.2 Å². The Morgan fingerprint density at radius 1 is 1.09 bits per heavy atom. The largest absolute Gasteiger partial charge is 0.393 e. The fourth-order valence-corrected chi connectivity index (χ4v) is 4.35. The molecule has 0 radical (unpaired) electrons. The van der Waals surface area contributed by atoms with E-state index in [1.807, 2.05) is 12.1 Å². The van der Waals surface area contributed by atoms with Crippen LogP contribution in [0.5, 0.6) is 0 Å². The Labute approximate surface area is 183 Å². The maximum absolute atomic E-state index is 14.4. The van der Waals surface area contributed by atoms with Gasteiger partial charge >= 0.3 is 0 Å². The summed E-state index contributed by atoms with van der Waals surface area (Å²) in [5.74, 6) is -1.64. The van der Waals surface area contributed by atoms with Crippen LogP contribution in [0.15, 0.2) is 42.6 Å². The highest BCUT2D eigenvalue weighted by Crippen LogP contribution is 2.30. The number of carbonyl (C=O) groups excluding carboxylic acids is 1. The summed E-state index contributed by atoms with van der Waals surface area (Å²) in [7, 11) is 0. The van der Waals surface area contributed by atoms with Crippen molar-refractivity contribution in [3.05, 3.63) is 76.7 Å². The first kappa shape index (κ1) is 20.5. The monoisotopic (exact) mass is 436 g/mol.